The first kappa shape index (κ1) is 18.9. The largest absolute Gasteiger partial charge is 0.486 e. The smallest absolute Gasteiger partial charge is 0.255 e. The molecule has 2 heterocycles. The van der Waals surface area contributed by atoms with Crippen molar-refractivity contribution in [1.82, 2.24) is 4.98 Å². The van der Waals surface area contributed by atoms with E-state index in [0.717, 1.165) is 5.56 Å². The third kappa shape index (κ3) is 3.18. The molecular weight excluding hydrogens is 368 g/mol. The second kappa shape index (κ2) is 7.42. The number of H-pyrrole nitrogens is 1. The lowest BCUT2D eigenvalue weighted by Gasteiger charge is -2.24. The summed E-state index contributed by atoms with van der Waals surface area (Å²) < 4.78 is 11.5. The number of nitrogens with one attached hydrogen (secondary N) is 1. The normalized spacial score (nSPS) is 13.7. The Hall–Kier alpha value is -2.83. The number of ketones is 1. The quantitative estimate of drug-likeness (QED) is 0.675. The van der Waals surface area contributed by atoms with Gasteiger partial charge in [-0.25, -0.2) is 0 Å². The highest BCUT2D eigenvalue weighted by molar-refractivity contribution is 6.17. The third-order valence-electron chi connectivity index (χ3n) is 4.51. The molecule has 0 saturated carbocycles. The van der Waals surface area contributed by atoms with Crippen LogP contribution in [0.5, 0.6) is 11.5 Å². The van der Waals surface area contributed by atoms with Crippen molar-refractivity contribution >= 4 is 29.0 Å². The molecule has 1 aliphatic heterocycles. The minimum absolute atomic E-state index is 0. The second-order valence-electron chi connectivity index (χ2n) is 6.25. The van der Waals surface area contributed by atoms with Crippen LogP contribution in [0.1, 0.15) is 34.5 Å². The van der Waals surface area contributed by atoms with E-state index >= 15 is 0 Å². The van der Waals surface area contributed by atoms with E-state index in [0.29, 0.717) is 46.6 Å². The summed E-state index contributed by atoms with van der Waals surface area (Å²) in [7, 11) is 0. The van der Waals surface area contributed by atoms with Gasteiger partial charge in [-0.05, 0) is 30.5 Å². The Morgan fingerprint density at radius 2 is 1.78 bits per heavy atom. The van der Waals surface area contributed by atoms with Crippen LogP contribution in [0.3, 0.4) is 0 Å². The number of benzene rings is 2. The summed E-state index contributed by atoms with van der Waals surface area (Å²) in [5, 5.41) is 1.07. The molecule has 6 nitrogen and oxygen atoms in total. The molecule has 1 aromatic heterocycles. The topological polar surface area (TPSA) is 94.4 Å². The fourth-order valence-corrected chi connectivity index (χ4v) is 3.26. The molecule has 140 valence electrons. The number of hydrogen-bond donors (Lipinski definition) is 2. The Balaban J connectivity index is 0.00000210. The van der Waals surface area contributed by atoms with Gasteiger partial charge in [0.15, 0.2) is 17.3 Å². The second-order valence-corrected chi connectivity index (χ2v) is 6.25. The maximum atomic E-state index is 13.2. The molecule has 4 rings (SSSR count). The molecule has 0 saturated heterocycles. The van der Waals surface area contributed by atoms with Gasteiger partial charge in [0, 0.05) is 28.8 Å². The predicted octanol–water partition coefficient (Wildman–Crippen LogP) is 2.97. The van der Waals surface area contributed by atoms with Crippen molar-refractivity contribution in [2.45, 2.75) is 13.0 Å². The minimum atomic E-state index is -0.245. The molecule has 0 unspecified atom stereocenters. The van der Waals surface area contributed by atoms with Gasteiger partial charge < -0.3 is 20.2 Å². The molecule has 0 amide bonds. The maximum absolute atomic E-state index is 13.2. The highest BCUT2D eigenvalue weighted by Crippen LogP contribution is 2.40. The lowest BCUT2D eigenvalue weighted by atomic mass is 9.95. The molecule has 27 heavy (non-hydrogen) atoms. The van der Waals surface area contributed by atoms with E-state index < -0.39 is 0 Å². The number of ether oxygens (including phenoxy) is 2. The van der Waals surface area contributed by atoms with Crippen molar-refractivity contribution in [3.63, 3.8) is 0 Å². The zero-order chi connectivity index (χ0) is 18.3. The first-order valence-electron chi connectivity index (χ1n) is 8.41. The number of halogens is 1. The molecule has 0 bridgehead atoms. The first-order chi connectivity index (χ1) is 12.6. The van der Waals surface area contributed by atoms with Crippen LogP contribution in [0, 0.1) is 0 Å². The summed E-state index contributed by atoms with van der Waals surface area (Å²) in [6.45, 7) is 2.63. The van der Waals surface area contributed by atoms with Crippen LogP contribution in [-0.2, 0) is 0 Å². The first-order valence-corrected chi connectivity index (χ1v) is 8.41. The summed E-state index contributed by atoms with van der Waals surface area (Å²) in [5.74, 6) is 0.715. The molecule has 0 fully saturated rings. The summed E-state index contributed by atoms with van der Waals surface area (Å²) in [5.41, 5.74) is 7.42. The fourth-order valence-electron chi connectivity index (χ4n) is 3.26. The van der Waals surface area contributed by atoms with Crippen LogP contribution in [0.25, 0.3) is 10.8 Å². The summed E-state index contributed by atoms with van der Waals surface area (Å²) >= 11 is 0. The lowest BCUT2D eigenvalue weighted by molar-refractivity contribution is 0.102. The molecule has 2 aromatic carbocycles. The number of hydrogen-bond acceptors (Lipinski definition) is 5. The summed E-state index contributed by atoms with van der Waals surface area (Å²) in [6.07, 6.45) is 1.54. The standard InChI is InChI=1S/C20H18N2O4.ClH/c1-11(21)12-5-6-16(19-18(12)25-9-10-26-19)17(23)14-3-2-4-15-13(14)7-8-22-20(15)24;/h2-8,11H,9-10,21H2,1H3,(H,22,24);1H/t11-;/m1./s1. The van der Waals surface area contributed by atoms with Gasteiger partial charge in [0.25, 0.3) is 5.56 Å². The predicted molar refractivity (Wildman–Crippen MR) is 105 cm³/mol. The zero-order valence-corrected chi connectivity index (χ0v) is 15.5. The number of carbonyl (C=O) groups excluding carboxylic acids is 1. The van der Waals surface area contributed by atoms with E-state index in [1.807, 2.05) is 6.92 Å². The molecule has 0 aliphatic carbocycles. The monoisotopic (exact) mass is 386 g/mol. The van der Waals surface area contributed by atoms with Crippen LogP contribution in [0.15, 0.2) is 47.4 Å². The van der Waals surface area contributed by atoms with E-state index in [-0.39, 0.29) is 29.8 Å². The fraction of sp³-hybridized carbons (Fsp3) is 0.200. The Morgan fingerprint density at radius 1 is 1.04 bits per heavy atom. The average molecular weight is 387 g/mol. The van der Waals surface area contributed by atoms with Crippen molar-refractivity contribution in [3.05, 3.63) is 69.6 Å². The minimum Gasteiger partial charge on any atom is -0.486 e. The highest BCUT2D eigenvalue weighted by Gasteiger charge is 2.26. The number of nitrogens with two attached hydrogens (primary N) is 1. The van der Waals surface area contributed by atoms with Gasteiger partial charge in [-0.2, -0.15) is 0 Å². The number of aromatic nitrogens is 1. The van der Waals surface area contributed by atoms with Crippen molar-refractivity contribution in [2.75, 3.05) is 13.2 Å². The van der Waals surface area contributed by atoms with E-state index in [1.54, 1.807) is 36.4 Å². The van der Waals surface area contributed by atoms with Gasteiger partial charge in [0.2, 0.25) is 0 Å². The van der Waals surface area contributed by atoms with Gasteiger partial charge in [0.05, 0.1) is 5.56 Å². The van der Waals surface area contributed by atoms with E-state index in [1.165, 1.54) is 6.20 Å². The molecule has 7 heteroatoms. The van der Waals surface area contributed by atoms with Gasteiger partial charge >= 0.3 is 0 Å². The van der Waals surface area contributed by atoms with Crippen molar-refractivity contribution in [3.8, 4) is 11.5 Å². The zero-order valence-electron chi connectivity index (χ0n) is 14.7. The van der Waals surface area contributed by atoms with Gasteiger partial charge in [-0.15, -0.1) is 12.4 Å². The van der Waals surface area contributed by atoms with Crippen molar-refractivity contribution in [1.29, 1.82) is 0 Å². The summed E-state index contributed by atoms with van der Waals surface area (Å²) in [6, 6.07) is 10.1. The number of aromatic amines is 1. The van der Waals surface area contributed by atoms with Crippen LogP contribution in [-0.4, -0.2) is 24.0 Å². The number of carbonyl (C=O) groups is 1. The molecule has 0 spiro atoms. The molecule has 1 atom stereocenters. The van der Waals surface area contributed by atoms with E-state index in [4.69, 9.17) is 15.2 Å². The van der Waals surface area contributed by atoms with Crippen molar-refractivity contribution < 1.29 is 14.3 Å². The average Bonchev–Trinajstić information content (AvgIpc) is 2.66. The van der Waals surface area contributed by atoms with E-state index in [2.05, 4.69) is 4.98 Å². The van der Waals surface area contributed by atoms with Crippen molar-refractivity contribution in [2.24, 2.45) is 5.73 Å². The Labute approximate surface area is 161 Å². The lowest BCUT2D eigenvalue weighted by Crippen LogP contribution is -2.21. The maximum Gasteiger partial charge on any atom is 0.255 e. The number of fused-ring (bicyclic) bond motifs is 2. The number of pyridine rings is 1. The Bertz CT molecular complexity index is 1080. The van der Waals surface area contributed by atoms with E-state index in [9.17, 15) is 9.59 Å². The van der Waals surface area contributed by atoms with Gasteiger partial charge in [-0.1, -0.05) is 18.2 Å². The van der Waals surface area contributed by atoms with Crippen LogP contribution in [0.4, 0.5) is 0 Å². The van der Waals surface area contributed by atoms with Gasteiger partial charge in [-0.3, -0.25) is 9.59 Å². The molecular formula is C20H19ClN2O4. The Kier molecular flexibility index (Phi) is 5.21. The van der Waals surface area contributed by atoms with Gasteiger partial charge in [0.1, 0.15) is 13.2 Å². The number of rotatable bonds is 3. The van der Waals surface area contributed by atoms with Crippen LogP contribution in [0.2, 0.25) is 0 Å². The molecule has 3 aromatic rings. The molecule has 3 N–H and O–H groups in total. The van der Waals surface area contributed by atoms with Crippen LogP contribution < -0.4 is 20.8 Å². The molecule has 0 radical (unpaired) electrons. The molecule has 1 aliphatic rings. The SMILES string of the molecule is C[C@@H](N)c1ccc(C(=O)c2cccc3c(=O)[nH]ccc23)c2c1OCCO2.Cl. The Morgan fingerprint density at radius 3 is 2.52 bits per heavy atom. The third-order valence-corrected chi connectivity index (χ3v) is 4.51. The highest BCUT2D eigenvalue weighted by atomic mass is 35.5. The van der Waals surface area contributed by atoms with Crippen LogP contribution >= 0.6 is 12.4 Å². The summed E-state index contributed by atoms with van der Waals surface area (Å²) in [4.78, 5) is 27.9.